The van der Waals surface area contributed by atoms with E-state index in [0.717, 1.165) is 36.0 Å². The van der Waals surface area contributed by atoms with Gasteiger partial charge in [-0.25, -0.2) is 0 Å². The first-order chi connectivity index (χ1) is 9.55. The number of non-ortho nitro benzene ring substituents is 1. The molecule has 1 heterocycles. The molecule has 0 spiro atoms. The molecule has 20 heavy (non-hydrogen) atoms. The molecule has 0 atom stereocenters. The monoisotopic (exact) mass is 293 g/mol. The molecule has 5 nitrogen and oxygen atoms in total. The fourth-order valence-electron chi connectivity index (χ4n) is 2.36. The molecule has 0 aliphatic carbocycles. The third kappa shape index (κ3) is 2.65. The Kier molecular flexibility index (Phi) is 4.32. The van der Waals surface area contributed by atoms with Gasteiger partial charge in [-0.3, -0.25) is 14.8 Å². The number of nitro benzene ring substituents is 1. The Morgan fingerprint density at radius 1 is 1.40 bits per heavy atom. The van der Waals surface area contributed by atoms with Gasteiger partial charge in [0.15, 0.2) is 0 Å². The molecule has 0 saturated heterocycles. The smallest absolute Gasteiger partial charge is 0.264 e. The first kappa shape index (κ1) is 14.8. The van der Waals surface area contributed by atoms with E-state index in [4.69, 9.17) is 0 Å². The van der Waals surface area contributed by atoms with E-state index in [1.54, 1.807) is 18.3 Å². The van der Waals surface area contributed by atoms with Gasteiger partial charge >= 0.3 is 0 Å². The van der Waals surface area contributed by atoms with E-state index in [0.29, 0.717) is 0 Å². The maximum absolute atomic E-state index is 10.9. The average Bonchev–Trinajstić information content (AvgIpc) is 2.87. The lowest BCUT2D eigenvalue weighted by atomic mass is 9.84. The third-order valence-electron chi connectivity index (χ3n) is 4.16. The van der Waals surface area contributed by atoms with Crippen molar-refractivity contribution in [1.82, 2.24) is 9.78 Å². The molecule has 2 aromatic rings. The Bertz CT molecular complexity index is 612. The van der Waals surface area contributed by atoms with Gasteiger partial charge in [0, 0.05) is 24.1 Å². The van der Waals surface area contributed by atoms with Crippen molar-refractivity contribution in [2.45, 2.75) is 33.2 Å². The summed E-state index contributed by atoms with van der Waals surface area (Å²) in [6.45, 7) is 5.02. The molecule has 108 valence electrons. The maximum Gasteiger partial charge on any atom is 0.271 e. The Balaban J connectivity index is 2.44. The predicted octanol–water partition coefficient (Wildman–Crippen LogP) is 3.68. The number of rotatable bonds is 6. The van der Waals surface area contributed by atoms with Gasteiger partial charge < -0.3 is 0 Å². The molecular formula is C14H19N3O2S. The lowest BCUT2D eigenvalue weighted by Crippen LogP contribution is -2.28. The number of fused-ring (bicyclic) bond motifs is 1. The van der Waals surface area contributed by atoms with Crippen LogP contribution in [0.15, 0.2) is 24.4 Å². The molecule has 2 rings (SSSR count). The van der Waals surface area contributed by atoms with Gasteiger partial charge in [0.2, 0.25) is 0 Å². The van der Waals surface area contributed by atoms with E-state index >= 15 is 0 Å². The molecule has 1 aromatic heterocycles. The normalized spacial score (nSPS) is 11.9. The Morgan fingerprint density at radius 2 is 2.10 bits per heavy atom. The van der Waals surface area contributed by atoms with Gasteiger partial charge in [-0.2, -0.15) is 17.7 Å². The van der Waals surface area contributed by atoms with Gasteiger partial charge in [-0.05, 0) is 30.1 Å². The minimum Gasteiger partial charge on any atom is -0.264 e. The van der Waals surface area contributed by atoms with Crippen molar-refractivity contribution in [3.05, 3.63) is 34.5 Å². The van der Waals surface area contributed by atoms with Crippen molar-refractivity contribution in [2.24, 2.45) is 5.41 Å². The average molecular weight is 293 g/mol. The Morgan fingerprint density at radius 3 is 2.65 bits per heavy atom. The number of aromatic nitrogens is 2. The van der Waals surface area contributed by atoms with Crippen molar-refractivity contribution in [1.29, 1.82) is 0 Å². The molecule has 0 amide bonds. The van der Waals surface area contributed by atoms with E-state index < -0.39 is 0 Å². The van der Waals surface area contributed by atoms with Crippen LogP contribution < -0.4 is 0 Å². The summed E-state index contributed by atoms with van der Waals surface area (Å²) in [5.74, 6) is 0.774. The highest BCUT2D eigenvalue weighted by Gasteiger charge is 2.26. The van der Waals surface area contributed by atoms with Crippen molar-refractivity contribution in [3.8, 4) is 0 Å². The summed E-state index contributed by atoms with van der Waals surface area (Å²) in [6, 6.07) is 4.86. The maximum atomic E-state index is 10.9. The first-order valence-electron chi connectivity index (χ1n) is 6.76. The van der Waals surface area contributed by atoms with Crippen LogP contribution in [0.25, 0.3) is 10.9 Å². The summed E-state index contributed by atoms with van der Waals surface area (Å²) in [4.78, 5) is 10.5. The number of benzene rings is 1. The highest BCUT2D eigenvalue weighted by molar-refractivity contribution is 7.80. The molecule has 0 N–H and O–H groups in total. The fraction of sp³-hybridized carbons (Fsp3) is 0.500. The van der Waals surface area contributed by atoms with E-state index in [9.17, 15) is 10.1 Å². The summed E-state index contributed by atoms with van der Waals surface area (Å²) >= 11 is 4.47. The zero-order chi connectivity index (χ0) is 14.8. The topological polar surface area (TPSA) is 61.0 Å². The second kappa shape index (κ2) is 5.83. The van der Waals surface area contributed by atoms with Gasteiger partial charge in [0.05, 0.1) is 16.6 Å². The van der Waals surface area contributed by atoms with Crippen LogP contribution in [0.2, 0.25) is 0 Å². The summed E-state index contributed by atoms with van der Waals surface area (Å²) in [5.41, 5.74) is 0.989. The summed E-state index contributed by atoms with van der Waals surface area (Å²) in [5, 5.41) is 16.2. The first-order valence-corrected chi connectivity index (χ1v) is 7.39. The van der Waals surface area contributed by atoms with Gasteiger partial charge in [-0.1, -0.05) is 13.8 Å². The van der Waals surface area contributed by atoms with Crippen LogP contribution in [-0.2, 0) is 6.54 Å². The zero-order valence-electron chi connectivity index (χ0n) is 11.7. The zero-order valence-corrected chi connectivity index (χ0v) is 12.6. The highest BCUT2D eigenvalue weighted by atomic mass is 32.1. The van der Waals surface area contributed by atoms with Crippen molar-refractivity contribution in [3.63, 3.8) is 0 Å². The molecule has 0 unspecified atom stereocenters. The second-order valence-corrected chi connectivity index (χ2v) is 5.48. The minimum atomic E-state index is -0.373. The van der Waals surface area contributed by atoms with Gasteiger partial charge in [-0.15, -0.1) is 0 Å². The van der Waals surface area contributed by atoms with Gasteiger partial charge in [0.1, 0.15) is 0 Å². The third-order valence-corrected chi connectivity index (χ3v) is 4.83. The van der Waals surface area contributed by atoms with Crippen LogP contribution in [0.3, 0.4) is 0 Å². The number of thiol groups is 1. The van der Waals surface area contributed by atoms with Crippen LogP contribution in [-0.4, -0.2) is 20.5 Å². The fourth-order valence-corrected chi connectivity index (χ4v) is 2.91. The molecular weight excluding hydrogens is 274 g/mol. The summed E-state index contributed by atoms with van der Waals surface area (Å²) in [6.07, 6.45) is 3.76. The minimum absolute atomic E-state index is 0.0761. The van der Waals surface area contributed by atoms with E-state index in [1.165, 1.54) is 6.07 Å². The van der Waals surface area contributed by atoms with Crippen LogP contribution in [0.1, 0.15) is 26.7 Å². The van der Waals surface area contributed by atoms with Crippen LogP contribution in [0.5, 0.6) is 0 Å². The summed E-state index contributed by atoms with van der Waals surface area (Å²) < 4.78 is 1.87. The molecule has 6 heteroatoms. The number of nitro groups is 1. The van der Waals surface area contributed by atoms with E-state index in [2.05, 4.69) is 31.6 Å². The molecule has 1 aromatic carbocycles. The molecule has 0 radical (unpaired) electrons. The van der Waals surface area contributed by atoms with Crippen LogP contribution in [0, 0.1) is 15.5 Å². The molecule has 0 bridgehead atoms. The SMILES string of the molecule is CCC(CC)(CS)Cn1ncc2ccc([N+](=O)[O-])cc21. The summed E-state index contributed by atoms with van der Waals surface area (Å²) in [7, 11) is 0. The van der Waals surface area contributed by atoms with Crippen molar-refractivity contribution >= 4 is 29.2 Å². The number of nitrogens with zero attached hydrogens (tertiary/aromatic N) is 3. The number of hydrogen-bond donors (Lipinski definition) is 1. The molecule has 0 fully saturated rings. The number of hydrogen-bond acceptors (Lipinski definition) is 4. The van der Waals surface area contributed by atoms with Crippen molar-refractivity contribution in [2.75, 3.05) is 5.75 Å². The lowest BCUT2D eigenvalue weighted by molar-refractivity contribution is -0.384. The second-order valence-electron chi connectivity index (χ2n) is 5.17. The van der Waals surface area contributed by atoms with Crippen LogP contribution in [0.4, 0.5) is 5.69 Å². The lowest BCUT2D eigenvalue weighted by Gasteiger charge is -2.29. The quantitative estimate of drug-likeness (QED) is 0.502. The predicted molar refractivity (Wildman–Crippen MR) is 83.3 cm³/mol. The van der Waals surface area contributed by atoms with E-state index in [-0.39, 0.29) is 16.0 Å². The molecule has 0 saturated carbocycles. The van der Waals surface area contributed by atoms with Crippen LogP contribution >= 0.6 is 12.6 Å². The molecule has 0 aliphatic rings. The van der Waals surface area contributed by atoms with Crippen molar-refractivity contribution < 1.29 is 4.92 Å². The highest BCUT2D eigenvalue weighted by Crippen LogP contribution is 2.31. The standard InChI is InChI=1S/C14H19N3O2S/c1-3-14(4-2,10-20)9-16-13-7-12(17(18)19)6-5-11(13)8-15-16/h5-8,20H,3-4,9-10H2,1-2H3. The Hall–Kier alpha value is -1.56. The largest absolute Gasteiger partial charge is 0.271 e. The van der Waals surface area contributed by atoms with E-state index in [1.807, 2.05) is 4.68 Å². The Labute approximate surface area is 123 Å². The van der Waals surface area contributed by atoms with Gasteiger partial charge in [0.25, 0.3) is 5.69 Å². The molecule has 0 aliphatic heterocycles.